The van der Waals surface area contributed by atoms with E-state index in [0.717, 1.165) is 17.6 Å². The summed E-state index contributed by atoms with van der Waals surface area (Å²) in [5.74, 6) is -3.40. The molecule has 1 amide bonds. The predicted octanol–water partition coefficient (Wildman–Crippen LogP) is 5.89. The van der Waals surface area contributed by atoms with Crippen molar-refractivity contribution in [1.82, 2.24) is 24.4 Å². The molecule has 1 unspecified atom stereocenters. The largest absolute Gasteiger partial charge is 0.507 e. The number of alkyl halides is 3. The van der Waals surface area contributed by atoms with E-state index in [4.69, 9.17) is 11.6 Å². The highest BCUT2D eigenvalue weighted by Gasteiger charge is 2.41. The lowest BCUT2D eigenvalue weighted by Gasteiger charge is -2.43. The summed E-state index contributed by atoms with van der Waals surface area (Å²) in [6.07, 6.45) is -4.63. The van der Waals surface area contributed by atoms with Gasteiger partial charge in [0.25, 0.3) is 0 Å². The smallest absolute Gasteiger partial charge is 0.407 e. The lowest BCUT2D eigenvalue weighted by Crippen LogP contribution is -2.58. The van der Waals surface area contributed by atoms with Gasteiger partial charge in [0.2, 0.25) is 0 Å². The molecule has 0 radical (unpaired) electrons. The number of aromatic nitrogens is 4. The Labute approximate surface area is 253 Å². The van der Waals surface area contributed by atoms with E-state index in [1.54, 1.807) is 18.7 Å². The van der Waals surface area contributed by atoms with Crippen LogP contribution in [0.15, 0.2) is 41.3 Å². The number of carboxylic acid groups (broad SMARTS) is 1. The van der Waals surface area contributed by atoms with E-state index in [9.17, 15) is 33.0 Å². The third kappa shape index (κ3) is 5.27. The second kappa shape index (κ2) is 11.2. The molecule has 0 saturated carbocycles. The Morgan fingerprint density at radius 3 is 2.48 bits per heavy atom. The van der Waals surface area contributed by atoms with Crippen LogP contribution in [0.3, 0.4) is 0 Å². The first kappa shape index (κ1) is 31.0. The number of amides is 1. The van der Waals surface area contributed by atoms with Crippen molar-refractivity contribution >= 4 is 34.5 Å². The molecular weight excluding hydrogens is 608 g/mol. The van der Waals surface area contributed by atoms with Gasteiger partial charge in [0, 0.05) is 31.4 Å². The van der Waals surface area contributed by atoms with E-state index in [1.807, 2.05) is 0 Å². The van der Waals surface area contributed by atoms with Crippen LogP contribution in [0.1, 0.15) is 37.9 Å². The van der Waals surface area contributed by atoms with E-state index in [-0.39, 0.29) is 57.5 Å². The fraction of sp³-hybridized carbons (Fsp3) is 0.345. The van der Waals surface area contributed by atoms with E-state index in [2.05, 4.69) is 15.0 Å². The Morgan fingerprint density at radius 1 is 1.14 bits per heavy atom. The number of halogens is 5. The first-order valence-corrected chi connectivity index (χ1v) is 13.9. The normalized spacial score (nSPS) is 18.1. The Morgan fingerprint density at radius 2 is 1.84 bits per heavy atom. The molecule has 4 heterocycles. The molecule has 3 atom stereocenters. The van der Waals surface area contributed by atoms with E-state index < -0.39 is 53.2 Å². The number of carbonyl (C=O) groups is 1. The van der Waals surface area contributed by atoms with Crippen molar-refractivity contribution in [1.29, 1.82) is 0 Å². The Bertz CT molecular complexity index is 1830. The number of rotatable bonds is 4. The van der Waals surface area contributed by atoms with Crippen LogP contribution in [-0.2, 0) is 0 Å². The molecule has 3 aromatic heterocycles. The number of phenols is 1. The number of anilines is 1. The van der Waals surface area contributed by atoms with Gasteiger partial charge in [-0.25, -0.2) is 23.5 Å². The van der Waals surface area contributed by atoms with Crippen molar-refractivity contribution < 1.29 is 32.6 Å². The summed E-state index contributed by atoms with van der Waals surface area (Å²) in [5, 5.41) is 20.1. The minimum absolute atomic E-state index is 0.0660. The molecule has 5 rings (SSSR count). The summed E-state index contributed by atoms with van der Waals surface area (Å²) >= 11 is 6.61. The number of pyridine rings is 2. The summed E-state index contributed by atoms with van der Waals surface area (Å²) in [5.41, 5.74) is -2.26. The standard InChI is InChI=1S/C29H27ClF4N6O4/c1-13-8-9-35-22(16(4)29(32,33)34)24(13)40-26-17(10-18(30)23(36-26)21-19(31)6-5-7-20(21)41)25(37-27(40)42)38-11-15(3)39(28(43)44)12-14(38)2/h5-10,14-16,41H,11-12H2,1-4H3,(H,43,44)/t14-,15+,16?/m0/s1. The zero-order chi connectivity index (χ0) is 32.2. The van der Waals surface area contributed by atoms with Crippen LogP contribution in [0, 0.1) is 12.7 Å². The molecule has 1 aliphatic rings. The highest BCUT2D eigenvalue weighted by atomic mass is 35.5. The first-order valence-electron chi connectivity index (χ1n) is 13.5. The van der Waals surface area contributed by atoms with E-state index in [1.165, 1.54) is 42.3 Å². The van der Waals surface area contributed by atoms with Gasteiger partial charge in [-0.2, -0.15) is 18.2 Å². The second-order valence-corrected chi connectivity index (χ2v) is 11.2. The molecule has 1 aromatic carbocycles. The maximum Gasteiger partial charge on any atom is 0.407 e. The molecule has 1 saturated heterocycles. The number of fused-ring (bicyclic) bond motifs is 1. The molecule has 2 N–H and O–H groups in total. The number of hydrogen-bond donors (Lipinski definition) is 2. The average Bonchev–Trinajstić information content (AvgIpc) is 2.93. The topological polar surface area (TPSA) is 125 Å². The van der Waals surface area contributed by atoms with Gasteiger partial charge in [-0.1, -0.05) is 17.7 Å². The van der Waals surface area contributed by atoms with Crippen molar-refractivity contribution in [2.24, 2.45) is 0 Å². The van der Waals surface area contributed by atoms with E-state index >= 15 is 4.39 Å². The van der Waals surface area contributed by atoms with Gasteiger partial charge in [-0.05, 0) is 57.5 Å². The number of phenolic OH excluding ortho intramolecular Hbond substituents is 1. The summed E-state index contributed by atoms with van der Waals surface area (Å²) in [6.45, 7) is 6.03. The van der Waals surface area contributed by atoms with Gasteiger partial charge in [-0.3, -0.25) is 4.98 Å². The molecule has 0 aliphatic carbocycles. The summed E-state index contributed by atoms with van der Waals surface area (Å²) in [6, 6.07) is 5.34. The predicted molar refractivity (Wildman–Crippen MR) is 155 cm³/mol. The lowest BCUT2D eigenvalue weighted by atomic mass is 10.0. The van der Waals surface area contributed by atoms with Gasteiger partial charge in [-0.15, -0.1) is 0 Å². The second-order valence-electron chi connectivity index (χ2n) is 10.8. The number of piperazine rings is 1. The van der Waals surface area contributed by atoms with Crippen molar-refractivity contribution in [2.75, 3.05) is 18.0 Å². The Balaban J connectivity index is 1.88. The lowest BCUT2D eigenvalue weighted by molar-refractivity contribution is -0.147. The van der Waals surface area contributed by atoms with Crippen LogP contribution in [0.5, 0.6) is 5.75 Å². The van der Waals surface area contributed by atoms with E-state index in [0.29, 0.717) is 0 Å². The van der Waals surface area contributed by atoms with Crippen LogP contribution in [0.2, 0.25) is 5.02 Å². The summed E-state index contributed by atoms with van der Waals surface area (Å²) in [4.78, 5) is 41.4. The van der Waals surface area contributed by atoms with Gasteiger partial charge in [0.15, 0.2) is 5.65 Å². The maximum absolute atomic E-state index is 15.0. The zero-order valence-corrected chi connectivity index (χ0v) is 24.7. The van der Waals surface area contributed by atoms with Crippen molar-refractivity contribution in [3.8, 4) is 22.7 Å². The van der Waals surface area contributed by atoms with Crippen molar-refractivity contribution in [2.45, 2.75) is 51.9 Å². The molecule has 15 heteroatoms. The van der Waals surface area contributed by atoms with Gasteiger partial charge >= 0.3 is 18.0 Å². The minimum atomic E-state index is -4.71. The number of hydrogen-bond acceptors (Lipinski definition) is 7. The quantitative estimate of drug-likeness (QED) is 0.266. The molecular formula is C29H27ClF4N6O4. The third-order valence-corrected chi connectivity index (χ3v) is 8.10. The SMILES string of the molecule is Cc1ccnc(C(C)C(F)(F)F)c1-n1c(=O)nc(N2C[C@@H](C)N(C(=O)O)C[C@@H]2C)c2cc(Cl)c(-c3c(O)cccc3F)nc21. The Kier molecular flexibility index (Phi) is 7.91. The zero-order valence-electron chi connectivity index (χ0n) is 23.9. The van der Waals surface area contributed by atoms with Crippen LogP contribution in [0.25, 0.3) is 28.0 Å². The molecule has 0 bridgehead atoms. The number of benzene rings is 1. The monoisotopic (exact) mass is 634 g/mol. The van der Waals surface area contributed by atoms with Gasteiger partial charge in [0.1, 0.15) is 17.4 Å². The number of nitrogens with zero attached hydrogens (tertiary/aromatic N) is 6. The third-order valence-electron chi connectivity index (χ3n) is 7.81. The highest BCUT2D eigenvalue weighted by Crippen LogP contribution is 2.41. The first-order chi connectivity index (χ1) is 20.6. The number of aryl methyl sites for hydroxylation is 1. The fourth-order valence-electron chi connectivity index (χ4n) is 5.47. The molecule has 44 heavy (non-hydrogen) atoms. The van der Waals surface area contributed by atoms with Gasteiger partial charge in [0.05, 0.1) is 39.0 Å². The Hall–Kier alpha value is -4.46. The minimum Gasteiger partial charge on any atom is -0.507 e. The number of aromatic hydroxyl groups is 1. The molecule has 1 fully saturated rings. The molecule has 10 nitrogen and oxygen atoms in total. The summed E-state index contributed by atoms with van der Waals surface area (Å²) < 4.78 is 57.8. The van der Waals surface area contributed by atoms with Crippen molar-refractivity contribution in [3.63, 3.8) is 0 Å². The molecule has 232 valence electrons. The van der Waals surface area contributed by atoms with Crippen LogP contribution in [-0.4, -0.2) is 72.1 Å². The maximum atomic E-state index is 15.0. The fourth-order valence-corrected chi connectivity index (χ4v) is 5.72. The van der Waals surface area contributed by atoms with Crippen LogP contribution >= 0.6 is 11.6 Å². The van der Waals surface area contributed by atoms with Gasteiger partial charge < -0.3 is 20.0 Å². The molecule has 1 aliphatic heterocycles. The average molecular weight is 635 g/mol. The molecule has 4 aromatic rings. The van der Waals surface area contributed by atoms with Crippen LogP contribution in [0.4, 0.5) is 28.2 Å². The van der Waals surface area contributed by atoms with Crippen LogP contribution < -0.4 is 10.6 Å². The summed E-state index contributed by atoms with van der Waals surface area (Å²) in [7, 11) is 0. The van der Waals surface area contributed by atoms with Crippen molar-refractivity contribution in [3.05, 3.63) is 69.1 Å². The molecule has 0 spiro atoms. The highest BCUT2D eigenvalue weighted by molar-refractivity contribution is 6.34.